The third kappa shape index (κ3) is 3.61. The summed E-state index contributed by atoms with van der Waals surface area (Å²) in [6.07, 6.45) is 1.89. The predicted molar refractivity (Wildman–Crippen MR) is 103 cm³/mol. The number of carbonyl (C=O) groups excluding carboxylic acids is 2. The normalized spacial score (nSPS) is 14.8. The molecule has 1 aliphatic rings. The largest absolute Gasteiger partial charge is 0.354 e. The van der Waals surface area contributed by atoms with E-state index in [1.807, 2.05) is 37.1 Å². The fraction of sp³-hybridized carbons (Fsp3) is 0.474. The van der Waals surface area contributed by atoms with E-state index in [9.17, 15) is 9.59 Å². The first-order valence-electron chi connectivity index (χ1n) is 9.00. The van der Waals surface area contributed by atoms with Gasteiger partial charge in [-0.25, -0.2) is 4.79 Å². The van der Waals surface area contributed by atoms with Gasteiger partial charge < -0.3 is 24.4 Å². The van der Waals surface area contributed by atoms with Crippen LogP contribution in [0.15, 0.2) is 30.5 Å². The first kappa shape index (κ1) is 18.1. The number of hydrogen-bond acceptors (Lipinski definition) is 3. The molecule has 0 aromatic carbocycles. The maximum absolute atomic E-state index is 12.3. The Morgan fingerprint density at radius 2 is 1.69 bits per heavy atom. The van der Waals surface area contributed by atoms with Crippen molar-refractivity contribution < 1.29 is 9.59 Å². The molecule has 0 atom stereocenters. The van der Waals surface area contributed by atoms with Crippen molar-refractivity contribution in [2.45, 2.75) is 19.9 Å². The second-order valence-electron chi connectivity index (χ2n) is 7.18. The third-order valence-corrected chi connectivity index (χ3v) is 4.59. The second-order valence-corrected chi connectivity index (χ2v) is 7.18. The van der Waals surface area contributed by atoms with E-state index in [1.54, 1.807) is 19.0 Å². The van der Waals surface area contributed by atoms with E-state index in [1.165, 1.54) is 0 Å². The van der Waals surface area contributed by atoms with Gasteiger partial charge >= 0.3 is 6.03 Å². The Kier molecular flexibility index (Phi) is 5.06. The average molecular weight is 357 g/mol. The maximum Gasteiger partial charge on any atom is 0.317 e. The first-order chi connectivity index (χ1) is 12.4. The van der Waals surface area contributed by atoms with Gasteiger partial charge in [-0.15, -0.1) is 0 Å². The summed E-state index contributed by atoms with van der Waals surface area (Å²) in [6, 6.07) is 8.09. The second kappa shape index (κ2) is 7.27. The molecular weight excluding hydrogens is 330 g/mol. The SMILES string of the molecule is CC(C)NC(=O)N1CCN(c2ccc3ccc(C(=O)N(C)C)cn23)CC1. The smallest absolute Gasteiger partial charge is 0.317 e. The number of amides is 3. The van der Waals surface area contributed by atoms with Crippen molar-refractivity contribution in [3.8, 4) is 0 Å². The number of fused-ring (bicyclic) bond motifs is 1. The summed E-state index contributed by atoms with van der Waals surface area (Å²) in [5.74, 6) is 1.04. The number of aromatic nitrogens is 1. The molecule has 140 valence electrons. The Morgan fingerprint density at radius 3 is 2.31 bits per heavy atom. The number of carbonyl (C=O) groups is 2. The Hall–Kier alpha value is -2.70. The molecule has 3 rings (SSSR count). The highest BCUT2D eigenvalue weighted by Crippen LogP contribution is 2.22. The Balaban J connectivity index is 1.76. The number of piperazine rings is 1. The zero-order valence-corrected chi connectivity index (χ0v) is 15.9. The van der Waals surface area contributed by atoms with Gasteiger partial charge in [-0.3, -0.25) is 4.79 Å². The minimum atomic E-state index is -0.0123. The van der Waals surface area contributed by atoms with Crippen LogP contribution in [-0.4, -0.2) is 72.5 Å². The molecule has 0 bridgehead atoms. The number of hydrogen-bond donors (Lipinski definition) is 1. The van der Waals surface area contributed by atoms with E-state index < -0.39 is 0 Å². The number of anilines is 1. The number of rotatable bonds is 3. The Labute approximate surface area is 154 Å². The van der Waals surface area contributed by atoms with E-state index in [2.05, 4.69) is 26.8 Å². The highest BCUT2D eigenvalue weighted by molar-refractivity contribution is 5.94. The van der Waals surface area contributed by atoms with Crippen LogP contribution in [0, 0.1) is 0 Å². The van der Waals surface area contributed by atoms with Crippen LogP contribution in [0.2, 0.25) is 0 Å². The van der Waals surface area contributed by atoms with Gasteiger partial charge in [-0.1, -0.05) is 0 Å². The van der Waals surface area contributed by atoms with Gasteiger partial charge in [0.1, 0.15) is 5.82 Å². The molecule has 26 heavy (non-hydrogen) atoms. The molecule has 1 N–H and O–H groups in total. The Bertz CT molecular complexity index is 803. The van der Waals surface area contributed by atoms with Crippen molar-refractivity contribution in [3.63, 3.8) is 0 Å². The molecule has 1 fully saturated rings. The monoisotopic (exact) mass is 357 g/mol. The molecule has 0 unspecified atom stereocenters. The van der Waals surface area contributed by atoms with Crippen LogP contribution in [0.4, 0.5) is 10.6 Å². The fourth-order valence-electron chi connectivity index (χ4n) is 3.21. The van der Waals surface area contributed by atoms with Crippen LogP contribution in [0.1, 0.15) is 24.2 Å². The molecule has 2 aromatic rings. The lowest BCUT2D eigenvalue weighted by Crippen LogP contribution is -2.53. The minimum Gasteiger partial charge on any atom is -0.354 e. The van der Waals surface area contributed by atoms with Crippen LogP contribution >= 0.6 is 0 Å². The zero-order chi connectivity index (χ0) is 18.8. The standard InChI is InChI=1S/C19H27N5O2/c1-14(2)20-19(26)23-11-9-22(10-12-23)17-8-7-16-6-5-15(13-24(16)17)18(25)21(3)4/h5-8,13-14H,9-12H2,1-4H3,(H,20,26). The molecule has 3 heterocycles. The number of pyridine rings is 1. The lowest BCUT2D eigenvalue weighted by molar-refractivity contribution is 0.0827. The van der Waals surface area contributed by atoms with Crippen LogP contribution in [0.3, 0.4) is 0 Å². The molecule has 3 amide bonds. The molecule has 7 heteroatoms. The van der Waals surface area contributed by atoms with Crippen molar-refractivity contribution in [2.75, 3.05) is 45.2 Å². The first-order valence-corrected chi connectivity index (χ1v) is 9.00. The Morgan fingerprint density at radius 1 is 1.04 bits per heavy atom. The quantitative estimate of drug-likeness (QED) is 0.912. The van der Waals surface area contributed by atoms with Crippen molar-refractivity contribution in [2.24, 2.45) is 0 Å². The van der Waals surface area contributed by atoms with Crippen LogP contribution in [0.25, 0.3) is 5.52 Å². The van der Waals surface area contributed by atoms with Gasteiger partial charge in [0.15, 0.2) is 0 Å². The maximum atomic E-state index is 12.3. The van der Waals surface area contributed by atoms with E-state index in [0.29, 0.717) is 18.7 Å². The third-order valence-electron chi connectivity index (χ3n) is 4.59. The van der Waals surface area contributed by atoms with Gasteiger partial charge in [-0.05, 0) is 38.1 Å². The summed E-state index contributed by atoms with van der Waals surface area (Å²) in [5.41, 5.74) is 1.71. The van der Waals surface area contributed by atoms with Gasteiger partial charge in [0, 0.05) is 58.0 Å². The molecular formula is C19H27N5O2. The summed E-state index contributed by atoms with van der Waals surface area (Å²) in [7, 11) is 3.51. The van der Waals surface area contributed by atoms with E-state index in [-0.39, 0.29) is 18.0 Å². The van der Waals surface area contributed by atoms with E-state index >= 15 is 0 Å². The molecule has 0 saturated carbocycles. The van der Waals surface area contributed by atoms with Crippen molar-refractivity contribution in [1.29, 1.82) is 0 Å². The topological polar surface area (TPSA) is 60.3 Å². The predicted octanol–water partition coefficient (Wildman–Crippen LogP) is 1.88. The van der Waals surface area contributed by atoms with Gasteiger partial charge in [0.25, 0.3) is 5.91 Å². The van der Waals surface area contributed by atoms with Crippen molar-refractivity contribution >= 4 is 23.3 Å². The summed E-state index contributed by atoms with van der Waals surface area (Å²) >= 11 is 0. The molecule has 1 aliphatic heterocycles. The molecule has 1 saturated heterocycles. The van der Waals surface area contributed by atoms with Gasteiger partial charge in [0.2, 0.25) is 0 Å². The molecule has 7 nitrogen and oxygen atoms in total. The molecule has 0 radical (unpaired) electrons. The molecule has 0 spiro atoms. The van der Waals surface area contributed by atoms with Crippen LogP contribution < -0.4 is 10.2 Å². The number of urea groups is 1. The number of nitrogens with one attached hydrogen (secondary N) is 1. The summed E-state index contributed by atoms with van der Waals surface area (Å²) in [4.78, 5) is 30.1. The molecule has 0 aliphatic carbocycles. The van der Waals surface area contributed by atoms with E-state index in [0.717, 1.165) is 24.4 Å². The van der Waals surface area contributed by atoms with Crippen molar-refractivity contribution in [3.05, 3.63) is 36.0 Å². The minimum absolute atomic E-state index is 0.00136. The molecule has 2 aromatic heterocycles. The highest BCUT2D eigenvalue weighted by atomic mass is 16.2. The number of nitrogens with zero attached hydrogens (tertiary/aromatic N) is 4. The fourth-order valence-corrected chi connectivity index (χ4v) is 3.21. The van der Waals surface area contributed by atoms with Crippen molar-refractivity contribution in [1.82, 2.24) is 19.5 Å². The van der Waals surface area contributed by atoms with Gasteiger partial charge in [0.05, 0.1) is 5.56 Å². The lowest BCUT2D eigenvalue weighted by Gasteiger charge is -2.36. The summed E-state index contributed by atoms with van der Waals surface area (Å²) < 4.78 is 2.06. The van der Waals surface area contributed by atoms with E-state index in [4.69, 9.17) is 0 Å². The van der Waals surface area contributed by atoms with Crippen LogP contribution in [-0.2, 0) is 0 Å². The summed E-state index contributed by atoms with van der Waals surface area (Å²) in [5, 5.41) is 2.94. The lowest BCUT2D eigenvalue weighted by atomic mass is 10.2. The average Bonchev–Trinajstić information content (AvgIpc) is 3.03. The highest BCUT2D eigenvalue weighted by Gasteiger charge is 2.23. The van der Waals surface area contributed by atoms with Gasteiger partial charge in [-0.2, -0.15) is 0 Å². The van der Waals surface area contributed by atoms with Crippen LogP contribution in [0.5, 0.6) is 0 Å². The zero-order valence-electron chi connectivity index (χ0n) is 15.9. The summed E-state index contributed by atoms with van der Waals surface area (Å²) in [6.45, 7) is 6.83.